The van der Waals surface area contributed by atoms with Crippen molar-refractivity contribution in [3.8, 4) is 17.1 Å². The van der Waals surface area contributed by atoms with E-state index in [0.717, 1.165) is 24.1 Å². The summed E-state index contributed by atoms with van der Waals surface area (Å²) in [5.41, 5.74) is 2.46. The number of para-hydroxylation sites is 2. The highest BCUT2D eigenvalue weighted by Crippen LogP contribution is 2.35. The van der Waals surface area contributed by atoms with Crippen molar-refractivity contribution in [2.75, 3.05) is 18.6 Å². The van der Waals surface area contributed by atoms with Crippen molar-refractivity contribution >= 4 is 33.5 Å². The van der Waals surface area contributed by atoms with Crippen molar-refractivity contribution in [1.82, 2.24) is 14.6 Å². The first-order valence-electron chi connectivity index (χ1n) is 10.1. The number of ether oxygens (including phenoxy) is 1. The van der Waals surface area contributed by atoms with E-state index >= 15 is 0 Å². The number of hydrogen-bond acceptors (Lipinski definition) is 6. The zero-order valence-electron chi connectivity index (χ0n) is 17.2. The Bertz CT molecular complexity index is 1420. The SMILES string of the molecule is CCCCN1C(=O)C(=c2sc3nc(-c4ccccc4OC)nn3c2=O)c2ccccc21. The molecule has 3 heterocycles. The summed E-state index contributed by atoms with van der Waals surface area (Å²) in [6, 6.07) is 15.0. The lowest BCUT2D eigenvalue weighted by Gasteiger charge is -2.16. The number of carbonyl (C=O) groups excluding carboxylic acids is 1. The average Bonchev–Trinajstić information content (AvgIpc) is 3.43. The Hall–Kier alpha value is -3.52. The molecule has 1 aliphatic rings. The number of methoxy groups -OCH3 is 1. The highest BCUT2D eigenvalue weighted by molar-refractivity contribution is 7.15. The standard InChI is InChI=1S/C23H20N4O3S/c1-3-4-13-26-16-11-7-5-9-14(16)18(21(26)28)19-22(29)27-23(31-19)24-20(25-27)15-10-6-8-12-17(15)30-2/h5-12H,3-4,13H2,1-2H3. The van der Waals surface area contributed by atoms with Crippen molar-refractivity contribution in [2.24, 2.45) is 0 Å². The number of thiazole rings is 1. The first-order valence-corrected chi connectivity index (χ1v) is 10.9. The van der Waals surface area contributed by atoms with Crippen LogP contribution in [0.2, 0.25) is 0 Å². The van der Waals surface area contributed by atoms with Gasteiger partial charge < -0.3 is 9.64 Å². The first-order chi connectivity index (χ1) is 15.1. The van der Waals surface area contributed by atoms with Crippen LogP contribution in [0.3, 0.4) is 0 Å². The fourth-order valence-electron chi connectivity index (χ4n) is 3.87. The molecule has 0 radical (unpaired) electrons. The summed E-state index contributed by atoms with van der Waals surface area (Å²) in [6.07, 6.45) is 1.88. The van der Waals surface area contributed by atoms with Crippen LogP contribution in [-0.2, 0) is 4.79 Å². The van der Waals surface area contributed by atoms with Gasteiger partial charge in [-0.3, -0.25) is 9.59 Å². The van der Waals surface area contributed by atoms with Gasteiger partial charge in [0.2, 0.25) is 4.96 Å². The molecule has 0 N–H and O–H groups in total. The Morgan fingerprint density at radius 1 is 1.03 bits per heavy atom. The molecule has 0 fully saturated rings. The topological polar surface area (TPSA) is 76.8 Å². The predicted octanol–water partition coefficient (Wildman–Crippen LogP) is 2.89. The Morgan fingerprint density at radius 2 is 1.77 bits per heavy atom. The van der Waals surface area contributed by atoms with Crippen LogP contribution in [0.4, 0.5) is 5.69 Å². The molecule has 0 saturated carbocycles. The lowest BCUT2D eigenvalue weighted by Crippen LogP contribution is -2.33. The van der Waals surface area contributed by atoms with Crippen LogP contribution in [0.1, 0.15) is 25.3 Å². The summed E-state index contributed by atoms with van der Waals surface area (Å²) < 4.78 is 7.04. The molecule has 4 aromatic rings. The van der Waals surface area contributed by atoms with E-state index in [1.54, 1.807) is 12.0 Å². The molecule has 2 aromatic carbocycles. The molecule has 0 bridgehead atoms. The van der Waals surface area contributed by atoms with E-state index in [0.29, 0.717) is 38.7 Å². The summed E-state index contributed by atoms with van der Waals surface area (Å²) in [7, 11) is 1.58. The fraction of sp³-hybridized carbons (Fsp3) is 0.217. The second kappa shape index (κ2) is 7.63. The molecular formula is C23H20N4O3S. The maximum absolute atomic E-state index is 13.3. The third kappa shape index (κ3) is 3.02. The zero-order valence-corrected chi connectivity index (χ0v) is 18.0. The largest absolute Gasteiger partial charge is 0.496 e. The van der Waals surface area contributed by atoms with Crippen LogP contribution in [0.25, 0.3) is 21.9 Å². The molecule has 0 atom stereocenters. The molecular weight excluding hydrogens is 412 g/mol. The van der Waals surface area contributed by atoms with E-state index in [4.69, 9.17) is 4.74 Å². The molecule has 31 heavy (non-hydrogen) atoms. The lowest BCUT2D eigenvalue weighted by atomic mass is 10.1. The summed E-state index contributed by atoms with van der Waals surface area (Å²) in [4.78, 5) is 33.3. The molecule has 0 spiro atoms. The highest BCUT2D eigenvalue weighted by atomic mass is 32.1. The zero-order chi connectivity index (χ0) is 21.5. The van der Waals surface area contributed by atoms with Crippen LogP contribution in [0, 0.1) is 0 Å². The Morgan fingerprint density at radius 3 is 2.52 bits per heavy atom. The number of rotatable bonds is 5. The van der Waals surface area contributed by atoms with Gasteiger partial charge in [-0.25, -0.2) is 0 Å². The van der Waals surface area contributed by atoms with E-state index in [1.165, 1.54) is 15.9 Å². The number of nitrogens with zero attached hydrogens (tertiary/aromatic N) is 4. The Labute approximate surface area is 182 Å². The number of aromatic nitrogens is 3. The van der Waals surface area contributed by atoms with Crippen molar-refractivity contribution in [3.05, 3.63) is 69.0 Å². The summed E-state index contributed by atoms with van der Waals surface area (Å²) in [6.45, 7) is 2.72. The van der Waals surface area contributed by atoms with E-state index in [2.05, 4.69) is 17.0 Å². The molecule has 0 unspecified atom stereocenters. The minimum absolute atomic E-state index is 0.138. The van der Waals surface area contributed by atoms with Gasteiger partial charge in [-0.05, 0) is 24.6 Å². The number of unbranched alkanes of at least 4 members (excludes halogenated alkanes) is 1. The van der Waals surface area contributed by atoms with Crippen molar-refractivity contribution in [3.63, 3.8) is 0 Å². The maximum Gasteiger partial charge on any atom is 0.291 e. The van der Waals surface area contributed by atoms with Crippen molar-refractivity contribution in [2.45, 2.75) is 19.8 Å². The van der Waals surface area contributed by atoms with Gasteiger partial charge in [-0.2, -0.15) is 9.50 Å². The molecule has 7 nitrogen and oxygen atoms in total. The van der Waals surface area contributed by atoms with E-state index in [9.17, 15) is 9.59 Å². The number of hydrogen-bond donors (Lipinski definition) is 0. The second-order valence-electron chi connectivity index (χ2n) is 7.27. The fourth-order valence-corrected chi connectivity index (χ4v) is 4.86. The van der Waals surface area contributed by atoms with E-state index in [1.807, 2.05) is 48.5 Å². The monoisotopic (exact) mass is 432 g/mol. The third-order valence-corrected chi connectivity index (χ3v) is 6.42. The molecule has 0 aliphatic carbocycles. The molecule has 5 rings (SSSR count). The summed E-state index contributed by atoms with van der Waals surface area (Å²) in [5, 5.41) is 4.42. The van der Waals surface area contributed by atoms with Crippen LogP contribution < -0.4 is 19.7 Å². The van der Waals surface area contributed by atoms with Gasteiger partial charge in [0.25, 0.3) is 11.5 Å². The van der Waals surface area contributed by atoms with Crippen LogP contribution in [-0.4, -0.2) is 34.2 Å². The molecule has 8 heteroatoms. The maximum atomic E-state index is 13.3. The molecule has 156 valence electrons. The van der Waals surface area contributed by atoms with Gasteiger partial charge in [0, 0.05) is 12.1 Å². The Kier molecular flexibility index (Phi) is 4.78. The molecule has 1 amide bonds. The van der Waals surface area contributed by atoms with Gasteiger partial charge in [0.05, 0.1) is 23.9 Å². The number of anilines is 1. The third-order valence-electron chi connectivity index (χ3n) is 5.39. The van der Waals surface area contributed by atoms with Crippen LogP contribution in [0.5, 0.6) is 5.75 Å². The minimum atomic E-state index is -0.329. The summed E-state index contributed by atoms with van der Waals surface area (Å²) in [5.74, 6) is 0.913. The Balaban J connectivity index is 1.69. The van der Waals surface area contributed by atoms with E-state index < -0.39 is 0 Å². The summed E-state index contributed by atoms with van der Waals surface area (Å²) >= 11 is 1.19. The normalized spacial score (nSPS) is 15.0. The first kappa shape index (κ1) is 19.4. The smallest absolute Gasteiger partial charge is 0.291 e. The predicted molar refractivity (Wildman–Crippen MR) is 121 cm³/mol. The van der Waals surface area contributed by atoms with Crippen molar-refractivity contribution in [1.29, 1.82) is 0 Å². The molecule has 1 aliphatic heterocycles. The second-order valence-corrected chi connectivity index (χ2v) is 8.25. The van der Waals surface area contributed by atoms with Gasteiger partial charge in [-0.15, -0.1) is 5.10 Å². The number of fused-ring (bicyclic) bond motifs is 2. The molecule has 0 saturated heterocycles. The molecule has 2 aromatic heterocycles. The number of carbonyl (C=O) groups is 1. The minimum Gasteiger partial charge on any atom is -0.496 e. The van der Waals surface area contributed by atoms with Crippen LogP contribution in [0.15, 0.2) is 53.3 Å². The van der Waals surface area contributed by atoms with Gasteiger partial charge in [0.1, 0.15) is 10.3 Å². The van der Waals surface area contributed by atoms with Crippen LogP contribution >= 0.6 is 11.3 Å². The average molecular weight is 433 g/mol. The number of benzene rings is 2. The van der Waals surface area contributed by atoms with Gasteiger partial charge in [-0.1, -0.05) is 55.0 Å². The number of amides is 1. The lowest BCUT2D eigenvalue weighted by molar-refractivity contribution is -0.113. The highest BCUT2D eigenvalue weighted by Gasteiger charge is 2.33. The van der Waals surface area contributed by atoms with Gasteiger partial charge in [0.15, 0.2) is 5.82 Å². The van der Waals surface area contributed by atoms with E-state index in [-0.39, 0.29) is 11.5 Å². The van der Waals surface area contributed by atoms with Gasteiger partial charge >= 0.3 is 0 Å². The van der Waals surface area contributed by atoms with Crippen molar-refractivity contribution < 1.29 is 9.53 Å². The quantitative estimate of drug-likeness (QED) is 0.485.